The van der Waals surface area contributed by atoms with Crippen molar-refractivity contribution in [3.05, 3.63) is 0 Å². The van der Waals surface area contributed by atoms with Crippen LogP contribution >= 0.6 is 0 Å². The van der Waals surface area contributed by atoms with E-state index < -0.39 is 0 Å². The summed E-state index contributed by atoms with van der Waals surface area (Å²) < 4.78 is 0. The van der Waals surface area contributed by atoms with Crippen molar-refractivity contribution in [1.29, 1.82) is 0 Å². The molecule has 0 spiro atoms. The molecule has 2 fully saturated rings. The average molecular weight is 212 g/mol. The SMILES string of the molecule is CC(C)N1CCC(NCC2CC(O)C2)C1. The van der Waals surface area contributed by atoms with Crippen molar-refractivity contribution in [2.45, 2.75) is 51.3 Å². The number of likely N-dealkylation sites (tertiary alicyclic amines) is 1. The first-order valence-corrected chi connectivity index (χ1v) is 6.30. The zero-order valence-electron chi connectivity index (χ0n) is 9.95. The quantitative estimate of drug-likeness (QED) is 0.724. The van der Waals surface area contributed by atoms with Gasteiger partial charge >= 0.3 is 0 Å². The molecule has 2 aliphatic rings. The number of hydrogen-bond acceptors (Lipinski definition) is 3. The zero-order chi connectivity index (χ0) is 10.8. The molecular formula is C12H24N2O. The molecule has 1 heterocycles. The summed E-state index contributed by atoms with van der Waals surface area (Å²) in [5.74, 6) is 0.730. The van der Waals surface area contributed by atoms with E-state index in [1.54, 1.807) is 0 Å². The highest BCUT2D eigenvalue weighted by atomic mass is 16.3. The van der Waals surface area contributed by atoms with Crippen LogP contribution in [0.15, 0.2) is 0 Å². The van der Waals surface area contributed by atoms with Crippen LogP contribution in [0.5, 0.6) is 0 Å². The summed E-state index contributed by atoms with van der Waals surface area (Å²) in [6.45, 7) is 8.08. The molecule has 1 aliphatic carbocycles. The fourth-order valence-electron chi connectivity index (χ4n) is 2.62. The molecule has 2 rings (SSSR count). The number of aliphatic hydroxyl groups is 1. The van der Waals surface area contributed by atoms with E-state index in [2.05, 4.69) is 24.1 Å². The second-order valence-electron chi connectivity index (χ2n) is 5.47. The molecule has 0 amide bonds. The van der Waals surface area contributed by atoms with Crippen LogP contribution in [0.4, 0.5) is 0 Å². The van der Waals surface area contributed by atoms with Crippen LogP contribution in [0, 0.1) is 5.92 Å². The maximum Gasteiger partial charge on any atom is 0.0546 e. The summed E-state index contributed by atoms with van der Waals surface area (Å²) in [5.41, 5.74) is 0. The Balaban J connectivity index is 1.61. The Kier molecular flexibility index (Phi) is 3.65. The third-order valence-corrected chi connectivity index (χ3v) is 3.86. The highest BCUT2D eigenvalue weighted by Gasteiger charge is 2.29. The Labute approximate surface area is 92.8 Å². The molecule has 2 N–H and O–H groups in total. The molecular weight excluding hydrogens is 188 g/mol. The van der Waals surface area contributed by atoms with Gasteiger partial charge in [0.05, 0.1) is 6.10 Å². The molecule has 1 saturated carbocycles. The van der Waals surface area contributed by atoms with Crippen LogP contribution in [0.25, 0.3) is 0 Å². The summed E-state index contributed by atoms with van der Waals surface area (Å²) in [6, 6.07) is 1.37. The van der Waals surface area contributed by atoms with E-state index in [-0.39, 0.29) is 6.10 Å². The minimum Gasteiger partial charge on any atom is -0.393 e. The topological polar surface area (TPSA) is 35.5 Å². The maximum absolute atomic E-state index is 9.19. The van der Waals surface area contributed by atoms with E-state index in [0.717, 1.165) is 25.3 Å². The molecule has 0 aromatic heterocycles. The lowest BCUT2D eigenvalue weighted by Crippen LogP contribution is -2.41. The number of rotatable bonds is 4. The van der Waals surface area contributed by atoms with Gasteiger partial charge < -0.3 is 10.4 Å². The highest BCUT2D eigenvalue weighted by Crippen LogP contribution is 2.26. The van der Waals surface area contributed by atoms with Gasteiger partial charge in [-0.3, -0.25) is 4.90 Å². The number of hydrogen-bond donors (Lipinski definition) is 2. The number of aliphatic hydroxyl groups excluding tert-OH is 1. The molecule has 3 heteroatoms. The van der Waals surface area contributed by atoms with Gasteiger partial charge in [-0.2, -0.15) is 0 Å². The maximum atomic E-state index is 9.19. The van der Waals surface area contributed by atoms with Gasteiger partial charge in [-0.25, -0.2) is 0 Å². The third kappa shape index (κ3) is 2.92. The van der Waals surface area contributed by atoms with Gasteiger partial charge in [0.15, 0.2) is 0 Å². The minimum absolute atomic E-state index is 0.00691. The molecule has 0 radical (unpaired) electrons. The van der Waals surface area contributed by atoms with Gasteiger partial charge in [-0.05, 0) is 52.1 Å². The third-order valence-electron chi connectivity index (χ3n) is 3.86. The van der Waals surface area contributed by atoms with Gasteiger partial charge in [-0.15, -0.1) is 0 Å². The summed E-state index contributed by atoms with van der Waals surface area (Å²) in [5, 5.41) is 12.8. The predicted octanol–water partition coefficient (Wildman–Crippen LogP) is 0.830. The molecule has 0 bridgehead atoms. The first-order valence-electron chi connectivity index (χ1n) is 6.30. The van der Waals surface area contributed by atoms with Gasteiger partial charge in [0.1, 0.15) is 0 Å². The van der Waals surface area contributed by atoms with E-state index in [4.69, 9.17) is 0 Å². The Hall–Kier alpha value is -0.120. The Morgan fingerprint density at radius 2 is 2.13 bits per heavy atom. The minimum atomic E-state index is -0.00691. The molecule has 15 heavy (non-hydrogen) atoms. The first-order chi connectivity index (χ1) is 7.15. The van der Waals surface area contributed by atoms with Crippen molar-refractivity contribution in [2.75, 3.05) is 19.6 Å². The van der Waals surface area contributed by atoms with E-state index >= 15 is 0 Å². The van der Waals surface area contributed by atoms with Gasteiger partial charge in [0.2, 0.25) is 0 Å². The van der Waals surface area contributed by atoms with Crippen LogP contribution in [0.1, 0.15) is 33.1 Å². The van der Waals surface area contributed by atoms with Gasteiger partial charge in [0.25, 0.3) is 0 Å². The van der Waals surface area contributed by atoms with E-state index in [1.807, 2.05) is 0 Å². The van der Waals surface area contributed by atoms with Crippen LogP contribution in [0.3, 0.4) is 0 Å². The number of nitrogens with zero attached hydrogens (tertiary/aromatic N) is 1. The Bertz CT molecular complexity index is 202. The molecule has 1 atom stereocenters. The average Bonchev–Trinajstić information content (AvgIpc) is 2.59. The van der Waals surface area contributed by atoms with Gasteiger partial charge in [-0.1, -0.05) is 0 Å². The van der Waals surface area contributed by atoms with Crippen molar-refractivity contribution >= 4 is 0 Å². The first kappa shape index (κ1) is 11.4. The van der Waals surface area contributed by atoms with Crippen molar-refractivity contribution in [2.24, 2.45) is 5.92 Å². The van der Waals surface area contributed by atoms with Crippen molar-refractivity contribution in [3.8, 4) is 0 Å². The molecule has 3 nitrogen and oxygen atoms in total. The summed E-state index contributed by atoms with van der Waals surface area (Å²) in [4.78, 5) is 2.54. The normalized spacial score (nSPS) is 37.2. The standard InChI is InChI=1S/C12H24N2O/c1-9(2)14-4-3-11(8-14)13-7-10-5-12(15)6-10/h9-13,15H,3-8H2,1-2H3. The molecule has 1 saturated heterocycles. The predicted molar refractivity (Wildman–Crippen MR) is 61.8 cm³/mol. The highest BCUT2D eigenvalue weighted by molar-refractivity contribution is 4.86. The van der Waals surface area contributed by atoms with Crippen LogP contribution in [0.2, 0.25) is 0 Å². The van der Waals surface area contributed by atoms with E-state index in [1.165, 1.54) is 19.5 Å². The lowest BCUT2D eigenvalue weighted by Gasteiger charge is -2.32. The lowest BCUT2D eigenvalue weighted by molar-refractivity contribution is 0.0419. The van der Waals surface area contributed by atoms with Gasteiger partial charge in [0, 0.05) is 18.6 Å². The summed E-state index contributed by atoms with van der Waals surface area (Å²) in [7, 11) is 0. The molecule has 1 aliphatic heterocycles. The number of nitrogens with one attached hydrogen (secondary N) is 1. The zero-order valence-corrected chi connectivity index (χ0v) is 9.95. The van der Waals surface area contributed by atoms with Crippen molar-refractivity contribution in [1.82, 2.24) is 10.2 Å². The van der Waals surface area contributed by atoms with Crippen LogP contribution < -0.4 is 5.32 Å². The second kappa shape index (κ2) is 4.81. The lowest BCUT2D eigenvalue weighted by atomic mass is 9.82. The van der Waals surface area contributed by atoms with Crippen LogP contribution in [-0.4, -0.2) is 47.8 Å². The second-order valence-corrected chi connectivity index (χ2v) is 5.47. The summed E-state index contributed by atoms with van der Waals surface area (Å²) >= 11 is 0. The van der Waals surface area contributed by atoms with E-state index in [9.17, 15) is 5.11 Å². The Morgan fingerprint density at radius 1 is 1.40 bits per heavy atom. The summed E-state index contributed by atoms with van der Waals surface area (Å²) in [6.07, 6.45) is 3.29. The molecule has 0 aromatic rings. The monoisotopic (exact) mass is 212 g/mol. The van der Waals surface area contributed by atoms with E-state index in [0.29, 0.717) is 12.1 Å². The largest absolute Gasteiger partial charge is 0.393 e. The Morgan fingerprint density at radius 3 is 2.67 bits per heavy atom. The van der Waals surface area contributed by atoms with Crippen molar-refractivity contribution in [3.63, 3.8) is 0 Å². The fourth-order valence-corrected chi connectivity index (χ4v) is 2.62. The molecule has 88 valence electrons. The molecule has 0 aromatic carbocycles. The van der Waals surface area contributed by atoms with Crippen molar-refractivity contribution < 1.29 is 5.11 Å². The molecule has 1 unspecified atom stereocenters. The smallest absolute Gasteiger partial charge is 0.0546 e. The van der Waals surface area contributed by atoms with Crippen LogP contribution in [-0.2, 0) is 0 Å². The fraction of sp³-hybridized carbons (Fsp3) is 1.00.